The molecule has 0 heterocycles. The summed E-state index contributed by atoms with van der Waals surface area (Å²) in [6.07, 6.45) is 1.46. The van der Waals surface area contributed by atoms with Crippen molar-refractivity contribution >= 4 is 5.91 Å². The molecule has 0 bridgehead atoms. The van der Waals surface area contributed by atoms with Crippen LogP contribution in [-0.2, 0) is 0 Å². The molecular formula is C14H20FNO3. The van der Waals surface area contributed by atoms with Crippen molar-refractivity contribution in [2.75, 3.05) is 20.3 Å². The second-order valence-corrected chi connectivity index (χ2v) is 4.31. The van der Waals surface area contributed by atoms with Gasteiger partial charge in [0.25, 0.3) is 5.91 Å². The Kier molecular flexibility index (Phi) is 6.29. The molecule has 0 aliphatic heterocycles. The molecule has 106 valence electrons. The summed E-state index contributed by atoms with van der Waals surface area (Å²) in [4.78, 5) is 12.0. The Balaban J connectivity index is 2.73. The van der Waals surface area contributed by atoms with Gasteiger partial charge < -0.3 is 15.2 Å². The van der Waals surface area contributed by atoms with E-state index < -0.39 is 11.7 Å². The fourth-order valence-electron chi connectivity index (χ4n) is 1.85. The maximum atomic E-state index is 13.7. The molecule has 0 spiro atoms. The first-order chi connectivity index (χ1) is 9.13. The zero-order valence-corrected chi connectivity index (χ0v) is 11.3. The average Bonchev–Trinajstić information content (AvgIpc) is 2.42. The Labute approximate surface area is 112 Å². The molecule has 0 saturated carbocycles. The first kappa shape index (κ1) is 15.4. The lowest BCUT2D eigenvalue weighted by Crippen LogP contribution is -2.30. The molecule has 1 atom stereocenters. The Bertz CT molecular complexity index is 423. The molecule has 2 N–H and O–H groups in total. The minimum Gasteiger partial charge on any atom is -0.496 e. The highest BCUT2D eigenvalue weighted by Gasteiger charge is 2.18. The molecule has 1 unspecified atom stereocenters. The Morgan fingerprint density at radius 2 is 2.26 bits per heavy atom. The van der Waals surface area contributed by atoms with Gasteiger partial charge in [0.15, 0.2) is 0 Å². The van der Waals surface area contributed by atoms with Gasteiger partial charge in [-0.25, -0.2) is 4.39 Å². The molecular weight excluding hydrogens is 249 g/mol. The average molecular weight is 269 g/mol. The van der Waals surface area contributed by atoms with Crippen molar-refractivity contribution < 1.29 is 19.0 Å². The molecule has 0 aromatic heterocycles. The van der Waals surface area contributed by atoms with Gasteiger partial charge in [0.05, 0.1) is 7.11 Å². The number of hydrogen-bond acceptors (Lipinski definition) is 3. The third-order valence-electron chi connectivity index (χ3n) is 3.09. The summed E-state index contributed by atoms with van der Waals surface area (Å²) in [5, 5.41) is 11.6. The van der Waals surface area contributed by atoms with E-state index in [1.54, 1.807) is 6.07 Å². The van der Waals surface area contributed by atoms with Crippen molar-refractivity contribution in [3.63, 3.8) is 0 Å². The zero-order chi connectivity index (χ0) is 14.3. The quantitative estimate of drug-likeness (QED) is 0.795. The highest BCUT2D eigenvalue weighted by molar-refractivity contribution is 5.97. The monoisotopic (exact) mass is 269 g/mol. The molecule has 0 fully saturated rings. The van der Waals surface area contributed by atoms with Gasteiger partial charge in [-0.2, -0.15) is 0 Å². The maximum absolute atomic E-state index is 13.7. The molecule has 0 aliphatic carbocycles. The Morgan fingerprint density at radius 1 is 1.53 bits per heavy atom. The highest BCUT2D eigenvalue weighted by atomic mass is 19.1. The van der Waals surface area contributed by atoms with Crippen molar-refractivity contribution in [1.29, 1.82) is 0 Å². The van der Waals surface area contributed by atoms with Gasteiger partial charge in [0.1, 0.15) is 17.1 Å². The molecule has 0 radical (unpaired) electrons. The smallest absolute Gasteiger partial charge is 0.258 e. The van der Waals surface area contributed by atoms with Gasteiger partial charge in [-0.05, 0) is 24.5 Å². The highest BCUT2D eigenvalue weighted by Crippen LogP contribution is 2.21. The summed E-state index contributed by atoms with van der Waals surface area (Å²) in [6.45, 7) is 2.47. The number of halogens is 1. The first-order valence-corrected chi connectivity index (χ1v) is 6.35. The summed E-state index contributed by atoms with van der Waals surface area (Å²) < 4.78 is 18.6. The van der Waals surface area contributed by atoms with Crippen LogP contribution >= 0.6 is 0 Å². The van der Waals surface area contributed by atoms with Crippen molar-refractivity contribution in [3.05, 3.63) is 29.6 Å². The minimum absolute atomic E-state index is 0.0798. The van der Waals surface area contributed by atoms with Gasteiger partial charge in [0, 0.05) is 13.2 Å². The van der Waals surface area contributed by atoms with Crippen LogP contribution in [0.25, 0.3) is 0 Å². The van der Waals surface area contributed by atoms with Crippen LogP contribution in [0, 0.1) is 11.7 Å². The van der Waals surface area contributed by atoms with Crippen LogP contribution < -0.4 is 10.1 Å². The predicted molar refractivity (Wildman–Crippen MR) is 70.8 cm³/mol. The summed E-state index contributed by atoms with van der Waals surface area (Å²) in [7, 11) is 1.40. The lowest BCUT2D eigenvalue weighted by atomic mass is 10.0. The molecule has 0 saturated heterocycles. The number of rotatable bonds is 7. The zero-order valence-electron chi connectivity index (χ0n) is 11.3. The summed E-state index contributed by atoms with van der Waals surface area (Å²) in [5.74, 6) is -0.696. The number of carbonyl (C=O) groups is 1. The number of amides is 1. The van der Waals surface area contributed by atoms with Crippen molar-refractivity contribution in [3.8, 4) is 5.75 Å². The van der Waals surface area contributed by atoms with Gasteiger partial charge >= 0.3 is 0 Å². The fraction of sp³-hybridized carbons (Fsp3) is 0.500. The number of hydrogen-bond donors (Lipinski definition) is 2. The molecule has 1 aromatic carbocycles. The summed E-state index contributed by atoms with van der Waals surface area (Å²) in [6, 6.07) is 4.26. The third kappa shape index (κ3) is 4.21. The lowest BCUT2D eigenvalue weighted by molar-refractivity contribution is 0.0936. The number of aliphatic hydroxyl groups is 1. The molecule has 4 nitrogen and oxygen atoms in total. The van der Waals surface area contributed by atoms with Crippen LogP contribution in [-0.4, -0.2) is 31.3 Å². The fourth-order valence-corrected chi connectivity index (χ4v) is 1.85. The van der Waals surface area contributed by atoms with E-state index in [9.17, 15) is 9.18 Å². The van der Waals surface area contributed by atoms with E-state index in [1.807, 2.05) is 6.92 Å². The molecule has 1 rings (SSSR count). The van der Waals surface area contributed by atoms with Crippen LogP contribution in [0.3, 0.4) is 0 Å². The van der Waals surface area contributed by atoms with Crippen LogP contribution in [0.4, 0.5) is 4.39 Å². The van der Waals surface area contributed by atoms with Crippen LogP contribution in [0.1, 0.15) is 30.1 Å². The Morgan fingerprint density at radius 3 is 2.84 bits per heavy atom. The SMILES string of the molecule is CCC(CCO)CNC(=O)c1c(F)cccc1OC. The van der Waals surface area contributed by atoms with Crippen LogP contribution in [0.5, 0.6) is 5.75 Å². The number of methoxy groups -OCH3 is 1. The van der Waals surface area contributed by atoms with Crippen LogP contribution in [0.2, 0.25) is 0 Å². The number of benzene rings is 1. The Hall–Kier alpha value is -1.62. The predicted octanol–water partition coefficient (Wildman–Crippen LogP) is 1.97. The van der Waals surface area contributed by atoms with E-state index in [4.69, 9.17) is 9.84 Å². The molecule has 0 aliphatic rings. The van der Waals surface area contributed by atoms with Gasteiger partial charge in [-0.1, -0.05) is 19.4 Å². The summed E-state index contributed by atoms with van der Waals surface area (Å²) >= 11 is 0. The van der Waals surface area contributed by atoms with E-state index in [-0.39, 0.29) is 23.8 Å². The van der Waals surface area contributed by atoms with E-state index in [2.05, 4.69) is 5.32 Å². The third-order valence-corrected chi connectivity index (χ3v) is 3.09. The van der Waals surface area contributed by atoms with Gasteiger partial charge in [-0.15, -0.1) is 0 Å². The minimum atomic E-state index is -0.605. The molecule has 19 heavy (non-hydrogen) atoms. The van der Waals surface area contributed by atoms with Crippen molar-refractivity contribution in [2.24, 2.45) is 5.92 Å². The van der Waals surface area contributed by atoms with Gasteiger partial charge in [0.2, 0.25) is 0 Å². The summed E-state index contributed by atoms with van der Waals surface area (Å²) in [5.41, 5.74) is -0.0798. The molecule has 1 aromatic rings. The number of carbonyl (C=O) groups excluding carboxylic acids is 1. The van der Waals surface area contributed by atoms with Crippen LogP contribution in [0.15, 0.2) is 18.2 Å². The van der Waals surface area contributed by atoms with E-state index >= 15 is 0 Å². The molecule has 1 amide bonds. The van der Waals surface area contributed by atoms with Gasteiger partial charge in [-0.3, -0.25) is 4.79 Å². The number of nitrogens with one attached hydrogen (secondary N) is 1. The number of aliphatic hydroxyl groups excluding tert-OH is 1. The second-order valence-electron chi connectivity index (χ2n) is 4.31. The van der Waals surface area contributed by atoms with Crippen molar-refractivity contribution in [1.82, 2.24) is 5.32 Å². The van der Waals surface area contributed by atoms with E-state index in [0.29, 0.717) is 13.0 Å². The standard InChI is InChI=1S/C14H20FNO3/c1-3-10(7-8-17)9-16-14(18)13-11(15)5-4-6-12(13)19-2/h4-6,10,17H,3,7-9H2,1-2H3,(H,16,18). The molecule has 5 heteroatoms. The van der Waals surface area contributed by atoms with E-state index in [0.717, 1.165) is 6.42 Å². The lowest BCUT2D eigenvalue weighted by Gasteiger charge is -2.15. The first-order valence-electron chi connectivity index (χ1n) is 6.35. The normalized spacial score (nSPS) is 12.0. The topological polar surface area (TPSA) is 58.6 Å². The maximum Gasteiger partial charge on any atom is 0.258 e. The van der Waals surface area contributed by atoms with E-state index in [1.165, 1.54) is 19.2 Å². The largest absolute Gasteiger partial charge is 0.496 e. The second kappa shape index (κ2) is 7.74. The van der Waals surface area contributed by atoms with Crippen molar-refractivity contribution in [2.45, 2.75) is 19.8 Å². The number of ether oxygens (including phenoxy) is 1.